The van der Waals surface area contributed by atoms with Crippen molar-refractivity contribution >= 4 is 27.5 Å². The minimum absolute atomic E-state index is 0.0901. The average Bonchev–Trinajstić information content (AvgIpc) is 2.89. The second kappa shape index (κ2) is 7.31. The molecular weight excluding hydrogens is 326 g/mol. The maximum Gasteiger partial charge on any atom is 0.326 e. The molecular formula is C18H17NO4S. The highest BCUT2D eigenvalue weighted by atomic mass is 32.1. The standard InChI is InChI=1S/C18H17NO4S/c1-13-6-2-4-8-15(13)22-10-11-23-17(20)12-19-14-7-3-5-9-16(14)24-18(19)21/h2-9H,10-12H2,1H3. The van der Waals surface area contributed by atoms with Crippen LogP contribution in [-0.2, 0) is 16.1 Å². The molecule has 0 saturated carbocycles. The number of aromatic nitrogens is 1. The van der Waals surface area contributed by atoms with Gasteiger partial charge in [0.05, 0.1) is 10.2 Å². The van der Waals surface area contributed by atoms with Crippen molar-refractivity contribution in [2.45, 2.75) is 13.5 Å². The fourth-order valence-corrected chi connectivity index (χ4v) is 3.25. The van der Waals surface area contributed by atoms with Gasteiger partial charge in [-0.15, -0.1) is 0 Å². The molecule has 1 heterocycles. The van der Waals surface area contributed by atoms with E-state index < -0.39 is 5.97 Å². The first-order valence-corrected chi connectivity index (χ1v) is 8.39. The Morgan fingerprint density at radius 1 is 1.08 bits per heavy atom. The van der Waals surface area contributed by atoms with Gasteiger partial charge in [0.2, 0.25) is 0 Å². The van der Waals surface area contributed by atoms with Crippen molar-refractivity contribution in [1.29, 1.82) is 0 Å². The normalized spacial score (nSPS) is 10.7. The van der Waals surface area contributed by atoms with E-state index in [1.807, 2.05) is 55.5 Å². The summed E-state index contributed by atoms with van der Waals surface area (Å²) in [4.78, 5) is 23.8. The molecule has 0 radical (unpaired) electrons. The van der Waals surface area contributed by atoms with Gasteiger partial charge in [-0.1, -0.05) is 41.7 Å². The maximum atomic E-state index is 12.0. The second-order valence-electron chi connectivity index (χ2n) is 5.26. The number of para-hydroxylation sites is 2. The Morgan fingerprint density at radius 2 is 1.83 bits per heavy atom. The van der Waals surface area contributed by atoms with Gasteiger partial charge in [0.1, 0.15) is 25.5 Å². The van der Waals surface area contributed by atoms with Crippen LogP contribution in [0.1, 0.15) is 5.56 Å². The molecule has 0 spiro atoms. The molecule has 124 valence electrons. The predicted molar refractivity (Wildman–Crippen MR) is 93.7 cm³/mol. The van der Waals surface area contributed by atoms with Crippen molar-refractivity contribution in [3.8, 4) is 5.75 Å². The zero-order valence-electron chi connectivity index (χ0n) is 13.2. The van der Waals surface area contributed by atoms with Crippen molar-refractivity contribution in [1.82, 2.24) is 4.57 Å². The number of hydrogen-bond donors (Lipinski definition) is 0. The number of thiazole rings is 1. The van der Waals surface area contributed by atoms with E-state index in [-0.39, 0.29) is 24.6 Å². The highest BCUT2D eigenvalue weighted by Gasteiger charge is 2.11. The minimum Gasteiger partial charge on any atom is -0.490 e. The zero-order valence-corrected chi connectivity index (χ0v) is 14.0. The lowest BCUT2D eigenvalue weighted by Crippen LogP contribution is -2.22. The van der Waals surface area contributed by atoms with Gasteiger partial charge < -0.3 is 9.47 Å². The van der Waals surface area contributed by atoms with Crippen LogP contribution in [0.4, 0.5) is 0 Å². The molecule has 0 fully saturated rings. The van der Waals surface area contributed by atoms with E-state index in [0.717, 1.165) is 32.9 Å². The number of fused-ring (bicyclic) bond motifs is 1. The van der Waals surface area contributed by atoms with Gasteiger partial charge in [0, 0.05) is 0 Å². The Morgan fingerprint density at radius 3 is 2.67 bits per heavy atom. The van der Waals surface area contributed by atoms with Crippen LogP contribution in [0.3, 0.4) is 0 Å². The number of benzene rings is 2. The van der Waals surface area contributed by atoms with Crippen molar-refractivity contribution in [2.75, 3.05) is 13.2 Å². The van der Waals surface area contributed by atoms with Gasteiger partial charge >= 0.3 is 10.8 Å². The molecule has 0 amide bonds. The van der Waals surface area contributed by atoms with E-state index in [0.29, 0.717) is 0 Å². The first-order valence-electron chi connectivity index (χ1n) is 7.57. The Balaban J connectivity index is 1.53. The summed E-state index contributed by atoms with van der Waals surface area (Å²) in [5.74, 6) is 0.322. The van der Waals surface area contributed by atoms with E-state index in [2.05, 4.69) is 0 Å². The number of carbonyl (C=O) groups excluding carboxylic acids is 1. The van der Waals surface area contributed by atoms with E-state index in [1.165, 1.54) is 4.57 Å². The lowest BCUT2D eigenvalue weighted by molar-refractivity contribution is -0.145. The Kier molecular flexibility index (Phi) is 4.96. The van der Waals surface area contributed by atoms with Crippen molar-refractivity contribution in [3.63, 3.8) is 0 Å². The summed E-state index contributed by atoms with van der Waals surface area (Å²) in [6.07, 6.45) is 0. The zero-order chi connectivity index (χ0) is 16.9. The summed E-state index contributed by atoms with van der Waals surface area (Å²) in [5, 5.41) is 0. The molecule has 2 aromatic carbocycles. The van der Waals surface area contributed by atoms with Crippen LogP contribution in [-0.4, -0.2) is 23.8 Å². The molecule has 0 aliphatic carbocycles. The number of ether oxygens (including phenoxy) is 2. The number of aryl methyl sites for hydroxylation is 1. The third-order valence-corrected chi connectivity index (χ3v) is 4.52. The quantitative estimate of drug-likeness (QED) is 0.510. The van der Waals surface area contributed by atoms with Crippen molar-refractivity contribution < 1.29 is 14.3 Å². The molecule has 0 bridgehead atoms. The van der Waals surface area contributed by atoms with Gasteiger partial charge in [0.25, 0.3) is 0 Å². The second-order valence-corrected chi connectivity index (χ2v) is 6.25. The topological polar surface area (TPSA) is 57.5 Å². The van der Waals surface area contributed by atoms with Crippen molar-refractivity contribution in [2.24, 2.45) is 0 Å². The summed E-state index contributed by atoms with van der Waals surface area (Å²) in [6.45, 7) is 2.28. The van der Waals surface area contributed by atoms with Crippen LogP contribution >= 0.6 is 11.3 Å². The average molecular weight is 343 g/mol. The molecule has 1 aromatic heterocycles. The Hall–Kier alpha value is -2.60. The third-order valence-electron chi connectivity index (χ3n) is 3.56. The molecule has 0 unspecified atom stereocenters. The van der Waals surface area contributed by atoms with Crippen molar-refractivity contribution in [3.05, 3.63) is 63.8 Å². The maximum absolute atomic E-state index is 12.0. The lowest BCUT2D eigenvalue weighted by Gasteiger charge is -2.09. The van der Waals surface area contributed by atoms with E-state index >= 15 is 0 Å². The molecule has 6 heteroatoms. The van der Waals surface area contributed by atoms with Gasteiger partial charge in [-0.3, -0.25) is 14.2 Å². The molecule has 5 nitrogen and oxygen atoms in total. The van der Waals surface area contributed by atoms with Gasteiger partial charge in [-0.05, 0) is 30.7 Å². The number of nitrogens with zero attached hydrogens (tertiary/aromatic N) is 1. The van der Waals surface area contributed by atoms with Crippen LogP contribution in [0.15, 0.2) is 53.3 Å². The summed E-state index contributed by atoms with van der Waals surface area (Å²) in [6, 6.07) is 15.0. The summed E-state index contributed by atoms with van der Waals surface area (Å²) in [7, 11) is 0. The lowest BCUT2D eigenvalue weighted by atomic mass is 10.2. The van der Waals surface area contributed by atoms with E-state index in [1.54, 1.807) is 0 Å². The van der Waals surface area contributed by atoms with Gasteiger partial charge in [-0.25, -0.2) is 0 Å². The predicted octanol–water partition coefficient (Wildman–Crippen LogP) is 2.99. The highest BCUT2D eigenvalue weighted by Crippen LogP contribution is 2.17. The first-order chi connectivity index (χ1) is 11.6. The fourth-order valence-electron chi connectivity index (χ4n) is 2.36. The van der Waals surface area contributed by atoms with Crippen LogP contribution in [0, 0.1) is 6.92 Å². The molecule has 3 rings (SSSR count). The van der Waals surface area contributed by atoms with Crippen LogP contribution in [0.2, 0.25) is 0 Å². The fraction of sp³-hybridized carbons (Fsp3) is 0.222. The molecule has 0 aliphatic rings. The van der Waals surface area contributed by atoms with E-state index in [9.17, 15) is 9.59 Å². The van der Waals surface area contributed by atoms with Crippen LogP contribution in [0.5, 0.6) is 5.75 Å². The van der Waals surface area contributed by atoms with Crippen LogP contribution < -0.4 is 9.61 Å². The molecule has 0 atom stereocenters. The van der Waals surface area contributed by atoms with Gasteiger partial charge in [0.15, 0.2) is 0 Å². The third kappa shape index (κ3) is 3.65. The molecule has 24 heavy (non-hydrogen) atoms. The largest absolute Gasteiger partial charge is 0.490 e. The van der Waals surface area contributed by atoms with Gasteiger partial charge in [-0.2, -0.15) is 0 Å². The van der Waals surface area contributed by atoms with Crippen LogP contribution in [0.25, 0.3) is 10.2 Å². The Bertz CT molecular complexity index is 913. The number of hydrogen-bond acceptors (Lipinski definition) is 5. The summed E-state index contributed by atoms with van der Waals surface area (Å²) < 4.78 is 13.0. The number of rotatable bonds is 6. The molecule has 0 aliphatic heterocycles. The van der Waals surface area contributed by atoms with E-state index in [4.69, 9.17) is 9.47 Å². The molecule has 0 N–H and O–H groups in total. The highest BCUT2D eigenvalue weighted by molar-refractivity contribution is 7.16. The minimum atomic E-state index is -0.450. The smallest absolute Gasteiger partial charge is 0.326 e. The monoisotopic (exact) mass is 343 g/mol. The summed E-state index contributed by atoms with van der Waals surface area (Å²) >= 11 is 1.12. The summed E-state index contributed by atoms with van der Waals surface area (Å²) in [5.41, 5.74) is 1.78. The SMILES string of the molecule is Cc1ccccc1OCCOC(=O)Cn1c(=O)sc2ccccc21. The number of carbonyl (C=O) groups is 1. The molecule has 0 saturated heterocycles. The first kappa shape index (κ1) is 16.3. The Labute approximate surface area is 143 Å². The number of esters is 1. The molecule has 3 aromatic rings.